The topological polar surface area (TPSA) is 0 Å². The zero-order valence-electron chi connectivity index (χ0n) is 21.9. The van der Waals surface area contributed by atoms with Crippen LogP contribution in [0, 0.1) is 20.8 Å². The first-order chi connectivity index (χ1) is 16.6. The SMILES string of the molecule is Cc1cccc(C(c2cccc(C)c2)(c2cccc(C)c2)[c-]2cccc2Cc2ccccc2)c1.[Cl-].[Cl-].[Cl-].[Ti+4]. The van der Waals surface area contributed by atoms with E-state index in [2.05, 4.69) is 142 Å². The van der Waals surface area contributed by atoms with Crippen molar-refractivity contribution in [3.63, 3.8) is 0 Å². The molecule has 5 aromatic rings. The zero-order valence-corrected chi connectivity index (χ0v) is 25.7. The Balaban J connectivity index is 0.00000180. The van der Waals surface area contributed by atoms with Crippen LogP contribution in [0.15, 0.2) is 121 Å². The second-order valence-corrected chi connectivity index (χ2v) is 9.49. The van der Waals surface area contributed by atoms with Crippen LogP contribution in [0.3, 0.4) is 0 Å². The molecule has 5 aromatic carbocycles. The quantitative estimate of drug-likeness (QED) is 0.139. The molecular weight excluding hydrogens is 563 g/mol. The zero-order chi connectivity index (χ0) is 23.5. The van der Waals surface area contributed by atoms with Crippen LogP contribution in [-0.4, -0.2) is 0 Å². The summed E-state index contributed by atoms with van der Waals surface area (Å²) in [6.45, 7) is 6.57. The minimum Gasteiger partial charge on any atom is -1.00 e. The molecule has 5 rings (SSSR count). The number of halogens is 3. The summed E-state index contributed by atoms with van der Waals surface area (Å²) in [5.74, 6) is 0. The monoisotopic (exact) mass is 592 g/mol. The Kier molecular flexibility index (Phi) is 13.2. The van der Waals surface area contributed by atoms with E-state index >= 15 is 0 Å². The van der Waals surface area contributed by atoms with Crippen molar-refractivity contribution in [1.82, 2.24) is 0 Å². The predicted molar refractivity (Wildman–Crippen MR) is 144 cm³/mol. The summed E-state index contributed by atoms with van der Waals surface area (Å²) in [4.78, 5) is 0. The van der Waals surface area contributed by atoms with Crippen LogP contribution in [0.5, 0.6) is 0 Å². The molecule has 192 valence electrons. The van der Waals surface area contributed by atoms with Crippen LogP contribution in [0.4, 0.5) is 0 Å². The fraction of sp³-hybridized carbons (Fsp3) is 0.147. The normalized spacial score (nSPS) is 10.3. The molecule has 0 bridgehead atoms. The minimum absolute atomic E-state index is 0. The summed E-state index contributed by atoms with van der Waals surface area (Å²) in [6.07, 6.45) is 0.911. The van der Waals surface area contributed by atoms with Gasteiger partial charge in [0, 0.05) is 5.41 Å². The van der Waals surface area contributed by atoms with E-state index in [1.807, 2.05) is 0 Å². The molecule has 4 heteroatoms. The average Bonchev–Trinajstić information content (AvgIpc) is 3.29. The van der Waals surface area contributed by atoms with Gasteiger partial charge in [-0.15, -0.1) is 5.56 Å². The summed E-state index contributed by atoms with van der Waals surface area (Å²) in [7, 11) is 0. The molecule has 38 heavy (non-hydrogen) atoms. The van der Waals surface area contributed by atoms with Gasteiger partial charge in [-0.25, -0.2) is 12.1 Å². The molecule has 0 heterocycles. The van der Waals surface area contributed by atoms with Gasteiger partial charge < -0.3 is 37.2 Å². The Morgan fingerprint density at radius 3 is 1.39 bits per heavy atom. The van der Waals surface area contributed by atoms with Gasteiger partial charge in [0.1, 0.15) is 0 Å². The maximum atomic E-state index is 2.37. The Hall–Kier alpha value is -2.19. The maximum absolute atomic E-state index is 2.37. The van der Waals surface area contributed by atoms with Gasteiger partial charge in [0.25, 0.3) is 0 Å². The molecule has 0 atom stereocenters. The Morgan fingerprint density at radius 2 is 0.974 bits per heavy atom. The predicted octanol–water partition coefficient (Wildman–Crippen LogP) is -0.686. The number of aryl methyl sites for hydroxylation is 3. The van der Waals surface area contributed by atoms with Gasteiger partial charge in [0.15, 0.2) is 0 Å². The first-order valence-corrected chi connectivity index (χ1v) is 12.1. The number of hydrogen-bond acceptors (Lipinski definition) is 0. The van der Waals surface area contributed by atoms with E-state index in [0.29, 0.717) is 0 Å². The minimum atomic E-state index is -0.405. The van der Waals surface area contributed by atoms with Crippen LogP contribution in [0.2, 0.25) is 0 Å². The van der Waals surface area contributed by atoms with Crippen LogP contribution in [0.1, 0.15) is 50.1 Å². The fourth-order valence-corrected chi connectivity index (χ4v) is 5.39. The largest absolute Gasteiger partial charge is 4.00 e. The molecule has 0 unspecified atom stereocenters. The van der Waals surface area contributed by atoms with Crippen molar-refractivity contribution in [2.24, 2.45) is 0 Å². The Labute approximate surface area is 261 Å². The third kappa shape index (κ3) is 6.68. The molecule has 0 N–H and O–H groups in total. The van der Waals surface area contributed by atoms with Crippen LogP contribution >= 0.6 is 0 Å². The van der Waals surface area contributed by atoms with Gasteiger partial charge in [-0.05, 0) is 49.4 Å². The fourth-order valence-electron chi connectivity index (χ4n) is 5.39. The molecule has 0 radical (unpaired) electrons. The number of hydrogen-bond donors (Lipinski definition) is 0. The van der Waals surface area contributed by atoms with Gasteiger partial charge in [-0.1, -0.05) is 120 Å². The summed E-state index contributed by atoms with van der Waals surface area (Å²) >= 11 is 0. The molecule has 0 fully saturated rings. The first-order valence-electron chi connectivity index (χ1n) is 12.1. The second-order valence-electron chi connectivity index (χ2n) is 9.49. The van der Waals surface area contributed by atoms with Gasteiger partial charge in [-0.2, -0.15) is 11.6 Å². The molecule has 0 saturated carbocycles. The van der Waals surface area contributed by atoms with Gasteiger partial charge in [0.05, 0.1) is 0 Å². The molecule has 0 aliphatic heterocycles. The smallest absolute Gasteiger partial charge is 1.00 e. The van der Waals surface area contributed by atoms with Crippen molar-refractivity contribution >= 4 is 0 Å². The van der Waals surface area contributed by atoms with E-state index in [4.69, 9.17) is 0 Å². The molecule has 0 aromatic heterocycles. The van der Waals surface area contributed by atoms with Gasteiger partial charge >= 0.3 is 21.7 Å². The van der Waals surface area contributed by atoms with Crippen molar-refractivity contribution in [3.05, 3.63) is 171 Å². The van der Waals surface area contributed by atoms with Crippen LogP contribution in [-0.2, 0) is 33.6 Å². The molecule has 0 saturated heterocycles. The summed E-state index contributed by atoms with van der Waals surface area (Å²) in [5.41, 5.74) is 11.4. The molecule has 0 amide bonds. The third-order valence-corrected chi connectivity index (χ3v) is 6.90. The van der Waals surface area contributed by atoms with Crippen molar-refractivity contribution in [3.8, 4) is 0 Å². The summed E-state index contributed by atoms with van der Waals surface area (Å²) in [5, 5.41) is 0. The van der Waals surface area contributed by atoms with Crippen LogP contribution in [0.25, 0.3) is 0 Å². The molecule has 0 spiro atoms. The van der Waals surface area contributed by atoms with E-state index in [-0.39, 0.29) is 58.9 Å². The summed E-state index contributed by atoms with van der Waals surface area (Å²) in [6, 6.07) is 44.8. The van der Waals surface area contributed by atoms with Crippen molar-refractivity contribution < 1.29 is 58.9 Å². The van der Waals surface area contributed by atoms with E-state index in [1.165, 1.54) is 50.1 Å². The van der Waals surface area contributed by atoms with E-state index < -0.39 is 5.41 Å². The average molecular weight is 594 g/mol. The van der Waals surface area contributed by atoms with E-state index in [0.717, 1.165) is 6.42 Å². The number of benzene rings is 4. The van der Waals surface area contributed by atoms with E-state index in [9.17, 15) is 0 Å². The van der Waals surface area contributed by atoms with Crippen molar-refractivity contribution in [1.29, 1.82) is 0 Å². The Bertz CT molecular complexity index is 1310. The molecular formula is C34H31Cl3Ti. The Morgan fingerprint density at radius 1 is 0.526 bits per heavy atom. The molecule has 0 aliphatic rings. The van der Waals surface area contributed by atoms with Gasteiger partial charge in [-0.3, -0.25) is 0 Å². The summed E-state index contributed by atoms with van der Waals surface area (Å²) < 4.78 is 0. The van der Waals surface area contributed by atoms with Crippen molar-refractivity contribution in [2.75, 3.05) is 0 Å². The van der Waals surface area contributed by atoms with Crippen molar-refractivity contribution in [2.45, 2.75) is 32.6 Å². The molecule has 0 aliphatic carbocycles. The second kappa shape index (κ2) is 14.8. The first kappa shape index (κ1) is 33.8. The molecule has 0 nitrogen and oxygen atoms in total. The van der Waals surface area contributed by atoms with Gasteiger partial charge in [0.2, 0.25) is 0 Å². The number of rotatable bonds is 6. The standard InChI is InChI=1S/C34H31.3ClH.Ti/c1-25-11-7-17-30(21-25)34(31-18-8-12-26(2)22-31,32-19-9-13-27(3)23-32)33-20-10-16-29(33)24-28-14-5-4-6-15-28;;;;/h4-23H,24H2,1-3H3;3*1H;/q-1;;;;+4/p-3. The third-order valence-electron chi connectivity index (χ3n) is 6.90. The van der Waals surface area contributed by atoms with Crippen LogP contribution < -0.4 is 37.2 Å². The van der Waals surface area contributed by atoms with E-state index in [1.54, 1.807) is 0 Å². The maximum Gasteiger partial charge on any atom is 4.00 e.